The van der Waals surface area contributed by atoms with E-state index in [-0.39, 0.29) is 0 Å². The number of rotatable bonds is 7. The standard InChI is InChI=1S/C54H36N2S/c1-2-10-37(11-3-1)39-20-28-45(29-21-39)55(47-32-26-42(27-33-47)44-19-18-38-12-4-5-13-43(38)36-44)46-30-22-40(23-31-46)41-24-34-48(35-25-41)56-51-16-8-6-14-49(51)54-53(56)50-15-7-9-17-52(50)57-54/h1-36H. The van der Waals surface area contributed by atoms with Crippen molar-refractivity contribution in [1.29, 1.82) is 0 Å². The van der Waals surface area contributed by atoms with Crippen molar-refractivity contribution in [3.05, 3.63) is 218 Å². The Hall–Kier alpha value is -7.20. The Morgan fingerprint density at radius 3 is 1.47 bits per heavy atom. The average molecular weight is 745 g/mol. The monoisotopic (exact) mass is 744 g/mol. The summed E-state index contributed by atoms with van der Waals surface area (Å²) in [7, 11) is 0. The quantitative estimate of drug-likeness (QED) is 0.158. The minimum atomic E-state index is 1.10. The average Bonchev–Trinajstić information content (AvgIpc) is 3.82. The summed E-state index contributed by atoms with van der Waals surface area (Å²) < 4.78 is 5.09. The van der Waals surface area contributed by atoms with Crippen LogP contribution in [-0.2, 0) is 0 Å². The normalized spacial score (nSPS) is 11.5. The van der Waals surface area contributed by atoms with Gasteiger partial charge < -0.3 is 9.47 Å². The first kappa shape index (κ1) is 33.2. The van der Waals surface area contributed by atoms with Gasteiger partial charge in [-0.05, 0) is 111 Å². The molecule has 0 spiro atoms. The van der Waals surface area contributed by atoms with Crippen LogP contribution in [0.2, 0.25) is 0 Å². The summed E-state index contributed by atoms with van der Waals surface area (Å²) in [5.41, 5.74) is 14.2. The molecule has 0 unspecified atom stereocenters. The van der Waals surface area contributed by atoms with Crippen LogP contribution in [0.5, 0.6) is 0 Å². The number of fused-ring (bicyclic) bond motifs is 6. The van der Waals surface area contributed by atoms with E-state index in [2.05, 4.69) is 228 Å². The van der Waals surface area contributed by atoms with Gasteiger partial charge in [0.15, 0.2) is 0 Å². The van der Waals surface area contributed by atoms with Gasteiger partial charge in [0.05, 0.1) is 15.7 Å². The molecule has 57 heavy (non-hydrogen) atoms. The van der Waals surface area contributed by atoms with E-state index in [1.807, 2.05) is 11.3 Å². The van der Waals surface area contributed by atoms with Gasteiger partial charge in [0.1, 0.15) is 0 Å². The highest BCUT2D eigenvalue weighted by molar-refractivity contribution is 7.26. The lowest BCUT2D eigenvalue weighted by Gasteiger charge is -2.26. The second kappa shape index (κ2) is 13.8. The third kappa shape index (κ3) is 5.88. The maximum Gasteiger partial charge on any atom is 0.0727 e. The molecule has 0 aliphatic heterocycles. The van der Waals surface area contributed by atoms with Gasteiger partial charge in [-0.2, -0.15) is 0 Å². The molecule has 2 heterocycles. The Kier molecular flexibility index (Phi) is 8.04. The van der Waals surface area contributed by atoms with Crippen LogP contribution >= 0.6 is 11.3 Å². The van der Waals surface area contributed by atoms with Crippen molar-refractivity contribution >= 4 is 70.4 Å². The van der Waals surface area contributed by atoms with Gasteiger partial charge in [0.2, 0.25) is 0 Å². The van der Waals surface area contributed by atoms with E-state index >= 15 is 0 Å². The molecule has 0 aliphatic carbocycles. The van der Waals surface area contributed by atoms with Gasteiger partial charge in [-0.25, -0.2) is 0 Å². The van der Waals surface area contributed by atoms with E-state index in [9.17, 15) is 0 Å². The molecule has 0 saturated carbocycles. The van der Waals surface area contributed by atoms with Crippen LogP contribution in [0.4, 0.5) is 17.1 Å². The fourth-order valence-corrected chi connectivity index (χ4v) is 9.57. The number of thiophene rings is 1. The van der Waals surface area contributed by atoms with Gasteiger partial charge in [-0.15, -0.1) is 11.3 Å². The Morgan fingerprint density at radius 2 is 0.825 bits per heavy atom. The van der Waals surface area contributed by atoms with Gasteiger partial charge in [-0.1, -0.05) is 152 Å². The molecule has 0 bridgehead atoms. The van der Waals surface area contributed by atoms with Crippen LogP contribution in [0.15, 0.2) is 218 Å². The second-order valence-electron chi connectivity index (χ2n) is 14.6. The van der Waals surface area contributed by atoms with Crippen molar-refractivity contribution in [2.24, 2.45) is 0 Å². The molecule has 0 aliphatic rings. The zero-order valence-electron chi connectivity index (χ0n) is 31.1. The van der Waals surface area contributed by atoms with E-state index < -0.39 is 0 Å². The van der Waals surface area contributed by atoms with Crippen molar-refractivity contribution in [3.8, 4) is 39.1 Å². The van der Waals surface area contributed by atoms with E-state index in [4.69, 9.17) is 0 Å². The Balaban J connectivity index is 0.941. The van der Waals surface area contributed by atoms with Crippen LogP contribution in [0.3, 0.4) is 0 Å². The summed E-state index contributed by atoms with van der Waals surface area (Å²) in [4.78, 5) is 2.35. The SMILES string of the molecule is c1ccc(-c2ccc(N(c3ccc(-c4ccc(-n5c6ccccc6c6sc7ccccc7c65)cc4)cc3)c3ccc(-c4ccc5ccccc5c4)cc3)cc2)cc1. The fourth-order valence-electron chi connectivity index (χ4n) is 8.34. The van der Waals surface area contributed by atoms with Crippen molar-refractivity contribution in [2.75, 3.05) is 4.90 Å². The van der Waals surface area contributed by atoms with E-state index in [1.54, 1.807) is 0 Å². The number of hydrogen-bond donors (Lipinski definition) is 0. The highest BCUT2D eigenvalue weighted by atomic mass is 32.1. The highest BCUT2D eigenvalue weighted by Crippen LogP contribution is 2.43. The minimum Gasteiger partial charge on any atom is -0.311 e. The van der Waals surface area contributed by atoms with Crippen molar-refractivity contribution in [1.82, 2.24) is 4.57 Å². The lowest BCUT2D eigenvalue weighted by molar-refractivity contribution is 1.19. The second-order valence-corrected chi connectivity index (χ2v) is 15.6. The maximum atomic E-state index is 2.43. The molecule has 0 radical (unpaired) electrons. The largest absolute Gasteiger partial charge is 0.311 e. The highest BCUT2D eigenvalue weighted by Gasteiger charge is 2.18. The third-order valence-corrected chi connectivity index (χ3v) is 12.4. The van der Waals surface area contributed by atoms with Gasteiger partial charge >= 0.3 is 0 Å². The van der Waals surface area contributed by atoms with Gasteiger partial charge in [0, 0.05) is 38.2 Å². The van der Waals surface area contributed by atoms with Crippen LogP contribution in [0.25, 0.3) is 81.0 Å². The topological polar surface area (TPSA) is 8.17 Å². The van der Waals surface area contributed by atoms with Gasteiger partial charge in [0.25, 0.3) is 0 Å². The molecule has 2 nitrogen and oxygen atoms in total. The molecule has 0 fully saturated rings. The first-order chi connectivity index (χ1) is 28.2. The van der Waals surface area contributed by atoms with E-state index in [1.165, 1.54) is 81.0 Å². The minimum absolute atomic E-state index is 1.10. The first-order valence-electron chi connectivity index (χ1n) is 19.4. The Bertz CT molecular complexity index is 3190. The summed E-state index contributed by atoms with van der Waals surface area (Å²) in [6.07, 6.45) is 0. The number of anilines is 3. The first-order valence-corrected chi connectivity index (χ1v) is 20.2. The molecule has 2 aromatic heterocycles. The predicted molar refractivity (Wildman–Crippen MR) is 245 cm³/mol. The van der Waals surface area contributed by atoms with Crippen LogP contribution in [-0.4, -0.2) is 4.57 Å². The van der Waals surface area contributed by atoms with Crippen LogP contribution in [0, 0.1) is 0 Å². The molecule has 11 aromatic rings. The molecule has 0 N–H and O–H groups in total. The summed E-state index contributed by atoms with van der Waals surface area (Å²) in [6, 6.07) is 79.2. The predicted octanol–water partition coefficient (Wildman–Crippen LogP) is 15.6. The van der Waals surface area contributed by atoms with E-state index in [0.29, 0.717) is 0 Å². The Labute approximate surface area is 335 Å². The van der Waals surface area contributed by atoms with Crippen LogP contribution < -0.4 is 4.90 Å². The van der Waals surface area contributed by atoms with Gasteiger partial charge in [-0.3, -0.25) is 0 Å². The maximum absolute atomic E-state index is 2.43. The lowest BCUT2D eigenvalue weighted by atomic mass is 10.0. The molecule has 3 heteroatoms. The molecule has 0 saturated heterocycles. The number of para-hydroxylation sites is 1. The smallest absolute Gasteiger partial charge is 0.0727 e. The fraction of sp³-hybridized carbons (Fsp3) is 0. The summed E-state index contributed by atoms with van der Waals surface area (Å²) in [5, 5.41) is 5.11. The van der Waals surface area contributed by atoms with Crippen LogP contribution in [0.1, 0.15) is 0 Å². The van der Waals surface area contributed by atoms with Crippen molar-refractivity contribution in [2.45, 2.75) is 0 Å². The number of aromatic nitrogens is 1. The number of hydrogen-bond acceptors (Lipinski definition) is 2. The summed E-state index contributed by atoms with van der Waals surface area (Å²) in [6.45, 7) is 0. The zero-order chi connectivity index (χ0) is 37.7. The number of benzene rings is 9. The summed E-state index contributed by atoms with van der Waals surface area (Å²) >= 11 is 1.88. The summed E-state index contributed by atoms with van der Waals surface area (Å²) in [5.74, 6) is 0. The molecule has 268 valence electrons. The molecular weight excluding hydrogens is 709 g/mol. The third-order valence-electron chi connectivity index (χ3n) is 11.2. The van der Waals surface area contributed by atoms with Crippen molar-refractivity contribution < 1.29 is 0 Å². The van der Waals surface area contributed by atoms with E-state index in [0.717, 1.165) is 17.1 Å². The molecule has 11 rings (SSSR count). The number of nitrogens with zero attached hydrogens (tertiary/aromatic N) is 2. The zero-order valence-corrected chi connectivity index (χ0v) is 31.9. The molecule has 9 aromatic carbocycles. The molecule has 0 amide bonds. The van der Waals surface area contributed by atoms with Crippen molar-refractivity contribution in [3.63, 3.8) is 0 Å². The molecular formula is C54H36N2S. The molecule has 0 atom stereocenters. The lowest BCUT2D eigenvalue weighted by Crippen LogP contribution is -2.09. The Morgan fingerprint density at radius 1 is 0.351 bits per heavy atom.